The maximum Gasteiger partial charge on any atom is 0.417 e. The first-order chi connectivity index (χ1) is 17.2. The Morgan fingerprint density at radius 1 is 0.629 bits per heavy atom. The van der Waals surface area contributed by atoms with Crippen molar-refractivity contribution in [2.75, 3.05) is 0 Å². The predicted octanol–water partition coefficient (Wildman–Crippen LogP) is 6.54. The Labute approximate surface area is 203 Å². The predicted molar refractivity (Wildman–Crippen MR) is 137 cm³/mol. The van der Waals surface area contributed by atoms with Crippen LogP contribution in [0.5, 0.6) is 0 Å². The summed E-state index contributed by atoms with van der Waals surface area (Å²) in [5.74, 6) is 0.393. The van der Waals surface area contributed by atoms with Gasteiger partial charge >= 0.3 is 5.66 Å². The van der Waals surface area contributed by atoms with Crippen molar-refractivity contribution in [1.29, 1.82) is 0 Å². The third-order valence-electron chi connectivity index (χ3n) is 7.95. The third-order valence-corrected chi connectivity index (χ3v) is 7.95. The van der Waals surface area contributed by atoms with Crippen LogP contribution < -0.4 is 9.13 Å². The van der Waals surface area contributed by atoms with Gasteiger partial charge in [-0.25, -0.2) is 0 Å². The summed E-state index contributed by atoms with van der Waals surface area (Å²) in [4.78, 5) is 0. The Hall–Kier alpha value is -4.24. The van der Waals surface area contributed by atoms with Crippen molar-refractivity contribution in [2.24, 2.45) is 0 Å². The van der Waals surface area contributed by atoms with Gasteiger partial charge in [-0.05, 0) is 47.9 Å². The highest BCUT2D eigenvalue weighted by atomic mass is 16.3. The van der Waals surface area contributed by atoms with Gasteiger partial charge in [-0.2, -0.15) is 0 Å². The molecule has 166 valence electrons. The molecule has 35 heavy (non-hydrogen) atoms. The first-order valence-electron chi connectivity index (χ1n) is 12.3. The number of nitrogens with zero attached hydrogens (tertiary/aromatic N) is 2. The molecule has 0 aliphatic carbocycles. The largest absolute Gasteiger partial charge is 0.455 e. The van der Waals surface area contributed by atoms with Gasteiger partial charge in [-0.15, -0.1) is 9.13 Å². The summed E-state index contributed by atoms with van der Waals surface area (Å²) < 4.78 is 11.7. The number of benzene rings is 3. The Morgan fingerprint density at radius 3 is 2.17 bits per heavy atom. The van der Waals surface area contributed by atoms with E-state index in [-0.39, 0.29) is 0 Å². The molecular formula is C32H24N2O+2. The van der Waals surface area contributed by atoms with Crippen molar-refractivity contribution < 1.29 is 13.6 Å². The van der Waals surface area contributed by atoms with Gasteiger partial charge in [0.05, 0.1) is 5.56 Å². The average Bonchev–Trinajstić information content (AvgIpc) is 3.52. The van der Waals surface area contributed by atoms with Gasteiger partial charge in [0.15, 0.2) is 12.4 Å². The summed E-state index contributed by atoms with van der Waals surface area (Å²) >= 11 is 0. The minimum Gasteiger partial charge on any atom is -0.455 e. The summed E-state index contributed by atoms with van der Waals surface area (Å²) in [6.07, 6.45) is 4.43. The van der Waals surface area contributed by atoms with Gasteiger partial charge < -0.3 is 4.42 Å². The Kier molecular flexibility index (Phi) is 3.52. The molecule has 3 heteroatoms. The highest BCUT2D eigenvalue weighted by molar-refractivity contribution is 6.11. The molecule has 2 aliphatic rings. The van der Waals surface area contributed by atoms with Crippen molar-refractivity contribution in [2.45, 2.75) is 25.4 Å². The van der Waals surface area contributed by atoms with Crippen LogP contribution in [0.4, 0.5) is 0 Å². The lowest BCUT2D eigenvalue weighted by Gasteiger charge is -2.16. The fourth-order valence-corrected chi connectivity index (χ4v) is 6.55. The molecule has 0 saturated heterocycles. The molecule has 2 aliphatic heterocycles. The molecule has 5 heterocycles. The summed E-state index contributed by atoms with van der Waals surface area (Å²) in [5.41, 5.74) is 10.2. The van der Waals surface area contributed by atoms with Crippen molar-refractivity contribution in [3.63, 3.8) is 0 Å². The van der Waals surface area contributed by atoms with Crippen molar-refractivity contribution in [1.82, 2.24) is 0 Å². The van der Waals surface area contributed by atoms with Crippen LogP contribution in [0.3, 0.4) is 0 Å². The molecule has 0 saturated carbocycles. The molecule has 3 aromatic heterocycles. The summed E-state index contributed by atoms with van der Waals surface area (Å²) in [6.45, 7) is 4.46. The fourth-order valence-electron chi connectivity index (χ4n) is 6.55. The lowest BCUT2D eigenvalue weighted by Crippen LogP contribution is -2.71. The van der Waals surface area contributed by atoms with Crippen molar-refractivity contribution in [3.8, 4) is 22.5 Å². The Morgan fingerprint density at radius 2 is 1.34 bits per heavy atom. The third kappa shape index (κ3) is 2.13. The van der Waals surface area contributed by atoms with Gasteiger partial charge in [0.2, 0.25) is 11.4 Å². The van der Waals surface area contributed by atoms with Gasteiger partial charge in [0.25, 0.3) is 0 Å². The van der Waals surface area contributed by atoms with E-state index in [0.29, 0.717) is 5.92 Å². The fraction of sp³-hybridized carbons (Fsp3) is 0.125. The van der Waals surface area contributed by atoms with Crippen LogP contribution in [0.1, 0.15) is 36.5 Å². The number of fused-ring (bicyclic) bond motifs is 14. The topological polar surface area (TPSA) is 20.9 Å². The summed E-state index contributed by atoms with van der Waals surface area (Å²) in [7, 11) is 0. The minimum absolute atomic E-state index is 0.393. The van der Waals surface area contributed by atoms with Crippen LogP contribution in [0.25, 0.3) is 44.5 Å². The van der Waals surface area contributed by atoms with Crippen LogP contribution in [0, 0.1) is 0 Å². The van der Waals surface area contributed by atoms with Gasteiger partial charge in [0.1, 0.15) is 27.9 Å². The molecule has 0 fully saturated rings. The number of hydrogen-bond acceptors (Lipinski definition) is 1. The highest BCUT2D eigenvalue weighted by Crippen LogP contribution is 2.50. The van der Waals surface area contributed by atoms with E-state index in [1.54, 1.807) is 0 Å². The molecule has 8 rings (SSSR count). The van der Waals surface area contributed by atoms with E-state index in [2.05, 4.69) is 126 Å². The average molecular weight is 453 g/mol. The molecule has 0 unspecified atom stereocenters. The van der Waals surface area contributed by atoms with Gasteiger partial charge in [0, 0.05) is 35.0 Å². The van der Waals surface area contributed by atoms with Gasteiger partial charge in [-0.1, -0.05) is 44.2 Å². The number of pyridine rings is 2. The van der Waals surface area contributed by atoms with Crippen molar-refractivity contribution >= 4 is 21.9 Å². The Balaban J connectivity index is 1.58. The van der Waals surface area contributed by atoms with Crippen LogP contribution in [0.15, 0.2) is 108 Å². The van der Waals surface area contributed by atoms with E-state index < -0.39 is 5.66 Å². The second-order valence-corrected chi connectivity index (χ2v) is 9.98. The molecule has 1 spiro atoms. The lowest BCUT2D eigenvalue weighted by molar-refractivity contribution is -0.955. The maximum absolute atomic E-state index is 6.80. The number of hydrogen-bond donors (Lipinski definition) is 0. The van der Waals surface area contributed by atoms with E-state index in [0.717, 1.165) is 11.2 Å². The molecule has 1 atom stereocenters. The molecule has 0 bridgehead atoms. The van der Waals surface area contributed by atoms with E-state index in [1.165, 1.54) is 50.0 Å². The Bertz CT molecular complexity index is 1800. The molecule has 0 radical (unpaired) electrons. The van der Waals surface area contributed by atoms with E-state index in [4.69, 9.17) is 4.42 Å². The highest BCUT2D eigenvalue weighted by Gasteiger charge is 2.66. The quantitative estimate of drug-likeness (QED) is 0.259. The minimum atomic E-state index is -0.493. The van der Waals surface area contributed by atoms with E-state index in [9.17, 15) is 0 Å². The zero-order chi connectivity index (χ0) is 23.3. The number of furan rings is 1. The van der Waals surface area contributed by atoms with Crippen LogP contribution >= 0.6 is 0 Å². The monoisotopic (exact) mass is 452 g/mol. The number of aromatic nitrogens is 2. The van der Waals surface area contributed by atoms with Crippen LogP contribution in [-0.2, 0) is 5.66 Å². The summed E-state index contributed by atoms with van der Waals surface area (Å²) in [5, 5.41) is 2.37. The molecule has 3 aromatic carbocycles. The second-order valence-electron chi connectivity index (χ2n) is 9.98. The first-order valence-corrected chi connectivity index (χ1v) is 12.3. The van der Waals surface area contributed by atoms with E-state index >= 15 is 0 Å². The lowest BCUT2D eigenvalue weighted by atomic mass is 9.89. The standard InChI is InChI=1S/C32H24N2O/c1-20(2)21-11-9-12-22-23-16-17-26-29(31(23)35-30(21)22)28-15-6-8-19-34(28)32(26)25-13-4-3-10-24(25)27-14-5-7-18-33(27)32/h3-20H,1-2H3/q+2/t32-/m0/s1. The molecule has 6 aromatic rings. The molecule has 0 N–H and O–H groups in total. The van der Waals surface area contributed by atoms with E-state index in [1.807, 2.05) is 0 Å². The smallest absolute Gasteiger partial charge is 0.417 e. The SMILES string of the molecule is CC(C)c1cccc2c1oc1c3c(ccc12)[C@]1(c2ccccc2-c2cccc[n+]21)[n+]1ccccc1-3. The number of rotatable bonds is 1. The zero-order valence-electron chi connectivity index (χ0n) is 19.7. The summed E-state index contributed by atoms with van der Waals surface area (Å²) in [6, 6.07) is 32.9. The van der Waals surface area contributed by atoms with Crippen molar-refractivity contribution in [3.05, 3.63) is 120 Å². The zero-order valence-corrected chi connectivity index (χ0v) is 19.7. The first kappa shape index (κ1) is 19.1. The molecule has 0 amide bonds. The van der Waals surface area contributed by atoms with Crippen LogP contribution in [0.2, 0.25) is 0 Å². The van der Waals surface area contributed by atoms with Gasteiger partial charge in [-0.3, -0.25) is 0 Å². The molecule has 3 nitrogen and oxygen atoms in total. The maximum atomic E-state index is 6.80. The second kappa shape index (κ2) is 6.45. The normalized spacial score (nSPS) is 17.2. The number of para-hydroxylation sites is 1. The molecular weight excluding hydrogens is 428 g/mol. The van der Waals surface area contributed by atoms with Crippen LogP contribution in [-0.4, -0.2) is 0 Å².